The van der Waals surface area contributed by atoms with Crippen LogP contribution in [0.1, 0.15) is 19.5 Å². The molecule has 0 aliphatic carbocycles. The Balaban J connectivity index is 2.70. The van der Waals surface area contributed by atoms with Crippen molar-refractivity contribution in [2.45, 2.75) is 26.3 Å². The number of nitrogens with one attached hydrogen (secondary N) is 2. The van der Waals surface area contributed by atoms with Crippen molar-refractivity contribution in [1.29, 1.82) is 0 Å². The number of carbonyl (C=O) groups is 2. The van der Waals surface area contributed by atoms with E-state index >= 15 is 0 Å². The van der Waals surface area contributed by atoms with Crippen LogP contribution in [0.5, 0.6) is 0 Å². The summed E-state index contributed by atoms with van der Waals surface area (Å²) in [4.78, 5) is 29.6. The number of aromatic amines is 1. The van der Waals surface area contributed by atoms with E-state index in [1.807, 2.05) is 0 Å². The predicted molar refractivity (Wildman–Crippen MR) is 64.7 cm³/mol. The summed E-state index contributed by atoms with van der Waals surface area (Å²) in [6.07, 6.45) is 3.18. The average Bonchev–Trinajstić information content (AvgIpc) is 2.80. The molecule has 7 heteroatoms. The molecule has 0 saturated heterocycles. The smallest absolute Gasteiger partial charge is 0.326 e. The standard InChI is InChI=1S/C11H18N4O3/c1-11(2,5-12)10(18)15-8(9(16)17)3-7-4-13-6-14-7/h4,6,8H,3,5,12H2,1-2H3,(H,13,14)(H,15,18)(H,16,17)/t8-/m0/s1. The number of hydrogen-bond donors (Lipinski definition) is 4. The van der Waals surface area contributed by atoms with Gasteiger partial charge in [-0.3, -0.25) is 4.79 Å². The second kappa shape index (κ2) is 5.63. The second-order valence-electron chi connectivity index (χ2n) is 4.72. The number of carbonyl (C=O) groups excluding carboxylic acids is 1. The number of hydrogen-bond acceptors (Lipinski definition) is 4. The third-order valence-corrected chi connectivity index (χ3v) is 2.70. The summed E-state index contributed by atoms with van der Waals surface area (Å²) in [6, 6.07) is -1.01. The van der Waals surface area contributed by atoms with Crippen LogP contribution in [0.3, 0.4) is 0 Å². The molecule has 1 aromatic rings. The summed E-state index contributed by atoms with van der Waals surface area (Å²) in [7, 11) is 0. The van der Waals surface area contributed by atoms with Crippen molar-refractivity contribution in [2.24, 2.45) is 11.1 Å². The van der Waals surface area contributed by atoms with E-state index < -0.39 is 17.4 Å². The Bertz CT molecular complexity index is 414. The van der Waals surface area contributed by atoms with Crippen LogP contribution >= 0.6 is 0 Å². The fraction of sp³-hybridized carbons (Fsp3) is 0.545. The van der Waals surface area contributed by atoms with E-state index in [0.29, 0.717) is 5.69 Å². The number of aromatic nitrogens is 2. The molecule has 0 aliphatic heterocycles. The maximum absolute atomic E-state index is 11.9. The number of aliphatic carboxylic acids is 1. The number of imidazole rings is 1. The molecule has 0 aliphatic rings. The molecule has 1 heterocycles. The van der Waals surface area contributed by atoms with Crippen molar-refractivity contribution < 1.29 is 14.7 Å². The van der Waals surface area contributed by atoms with Gasteiger partial charge >= 0.3 is 5.97 Å². The molecule has 1 amide bonds. The van der Waals surface area contributed by atoms with Gasteiger partial charge in [0.1, 0.15) is 6.04 Å². The fourth-order valence-corrected chi connectivity index (χ4v) is 1.26. The van der Waals surface area contributed by atoms with Gasteiger partial charge in [-0.1, -0.05) is 0 Å². The molecule has 1 atom stereocenters. The summed E-state index contributed by atoms with van der Waals surface area (Å²) in [5.74, 6) is -1.48. The highest BCUT2D eigenvalue weighted by Gasteiger charge is 2.30. The van der Waals surface area contributed by atoms with E-state index in [9.17, 15) is 9.59 Å². The molecule has 0 radical (unpaired) electrons. The molecule has 1 aromatic heterocycles. The van der Waals surface area contributed by atoms with E-state index in [0.717, 1.165) is 0 Å². The van der Waals surface area contributed by atoms with Crippen molar-refractivity contribution in [3.05, 3.63) is 18.2 Å². The van der Waals surface area contributed by atoms with Crippen molar-refractivity contribution in [1.82, 2.24) is 15.3 Å². The van der Waals surface area contributed by atoms with Crippen LogP contribution in [0.15, 0.2) is 12.5 Å². The van der Waals surface area contributed by atoms with Gasteiger partial charge in [-0.05, 0) is 13.8 Å². The summed E-state index contributed by atoms with van der Waals surface area (Å²) in [6.45, 7) is 3.47. The Hall–Kier alpha value is -1.89. The lowest BCUT2D eigenvalue weighted by Gasteiger charge is -2.24. The zero-order valence-electron chi connectivity index (χ0n) is 10.4. The first-order valence-corrected chi connectivity index (χ1v) is 5.58. The van der Waals surface area contributed by atoms with Gasteiger partial charge in [0, 0.05) is 19.2 Å². The summed E-state index contributed by atoms with van der Waals surface area (Å²) in [5.41, 5.74) is 5.25. The molecule has 0 saturated carbocycles. The Morgan fingerprint density at radius 2 is 2.28 bits per heavy atom. The van der Waals surface area contributed by atoms with Gasteiger partial charge in [0.05, 0.1) is 17.4 Å². The highest BCUT2D eigenvalue weighted by molar-refractivity contribution is 5.87. The number of carboxylic acid groups (broad SMARTS) is 1. The van der Waals surface area contributed by atoms with Gasteiger partial charge < -0.3 is 21.1 Å². The van der Waals surface area contributed by atoms with E-state index in [4.69, 9.17) is 10.8 Å². The minimum atomic E-state index is -1.10. The van der Waals surface area contributed by atoms with E-state index in [1.54, 1.807) is 20.0 Å². The van der Waals surface area contributed by atoms with Crippen molar-refractivity contribution in [3.8, 4) is 0 Å². The quantitative estimate of drug-likeness (QED) is 0.545. The molecule has 18 heavy (non-hydrogen) atoms. The van der Waals surface area contributed by atoms with E-state index in [2.05, 4.69) is 15.3 Å². The molecular formula is C11H18N4O3. The van der Waals surface area contributed by atoms with Crippen LogP contribution in [0.25, 0.3) is 0 Å². The zero-order chi connectivity index (χ0) is 13.8. The monoisotopic (exact) mass is 254 g/mol. The summed E-state index contributed by atoms with van der Waals surface area (Å²) >= 11 is 0. The first-order chi connectivity index (χ1) is 8.36. The third kappa shape index (κ3) is 3.56. The fourth-order valence-electron chi connectivity index (χ4n) is 1.26. The van der Waals surface area contributed by atoms with Crippen LogP contribution in [-0.4, -0.2) is 39.5 Å². The zero-order valence-corrected chi connectivity index (χ0v) is 10.4. The number of nitrogens with zero attached hydrogens (tertiary/aromatic N) is 1. The molecule has 1 rings (SSSR count). The van der Waals surface area contributed by atoms with Gasteiger partial charge in [0.15, 0.2) is 0 Å². The van der Waals surface area contributed by atoms with Crippen molar-refractivity contribution in [2.75, 3.05) is 6.54 Å². The molecule has 0 fully saturated rings. The Labute approximate surface area is 105 Å². The van der Waals surface area contributed by atoms with Crippen LogP contribution in [0.2, 0.25) is 0 Å². The minimum Gasteiger partial charge on any atom is -0.480 e. The Kier molecular flexibility index (Phi) is 4.43. The molecule has 0 unspecified atom stereocenters. The topological polar surface area (TPSA) is 121 Å². The van der Waals surface area contributed by atoms with Crippen LogP contribution in [-0.2, 0) is 16.0 Å². The van der Waals surface area contributed by atoms with Gasteiger partial charge in [0.2, 0.25) is 5.91 Å². The normalized spacial score (nSPS) is 13.1. The first-order valence-electron chi connectivity index (χ1n) is 5.58. The van der Waals surface area contributed by atoms with Crippen LogP contribution in [0.4, 0.5) is 0 Å². The lowest BCUT2D eigenvalue weighted by atomic mass is 9.92. The van der Waals surface area contributed by atoms with E-state index in [1.165, 1.54) is 6.33 Å². The maximum atomic E-state index is 11.9. The van der Waals surface area contributed by atoms with Gasteiger partial charge in [0.25, 0.3) is 0 Å². The highest BCUT2D eigenvalue weighted by Crippen LogP contribution is 2.13. The minimum absolute atomic E-state index is 0.130. The van der Waals surface area contributed by atoms with Gasteiger partial charge in [-0.25, -0.2) is 9.78 Å². The highest BCUT2D eigenvalue weighted by atomic mass is 16.4. The van der Waals surface area contributed by atoms with Crippen molar-refractivity contribution >= 4 is 11.9 Å². The van der Waals surface area contributed by atoms with Gasteiger partial charge in [-0.2, -0.15) is 0 Å². The number of carboxylic acids is 1. The number of amides is 1. The number of nitrogens with two attached hydrogens (primary N) is 1. The molecule has 0 aromatic carbocycles. The van der Waals surface area contributed by atoms with E-state index in [-0.39, 0.29) is 18.9 Å². The molecule has 0 spiro atoms. The number of rotatable bonds is 6. The van der Waals surface area contributed by atoms with Crippen LogP contribution in [0, 0.1) is 5.41 Å². The third-order valence-electron chi connectivity index (χ3n) is 2.70. The van der Waals surface area contributed by atoms with Crippen LogP contribution < -0.4 is 11.1 Å². The molecule has 0 bridgehead atoms. The molecule has 5 N–H and O–H groups in total. The molecular weight excluding hydrogens is 236 g/mol. The van der Waals surface area contributed by atoms with Crippen molar-refractivity contribution in [3.63, 3.8) is 0 Å². The molecule has 7 nitrogen and oxygen atoms in total. The lowest BCUT2D eigenvalue weighted by Crippen LogP contribution is -2.49. The van der Waals surface area contributed by atoms with Gasteiger partial charge in [-0.15, -0.1) is 0 Å². The lowest BCUT2D eigenvalue weighted by molar-refractivity contribution is -0.143. The summed E-state index contributed by atoms with van der Waals surface area (Å²) < 4.78 is 0. The summed E-state index contributed by atoms with van der Waals surface area (Å²) in [5, 5.41) is 11.5. The second-order valence-corrected chi connectivity index (χ2v) is 4.72. The Morgan fingerprint density at radius 1 is 1.61 bits per heavy atom. The Morgan fingerprint density at radius 3 is 2.72 bits per heavy atom. The molecule has 100 valence electrons. The first kappa shape index (κ1) is 14.2. The predicted octanol–water partition coefficient (Wildman–Crippen LogP) is -0.493. The SMILES string of the molecule is CC(C)(CN)C(=O)N[C@@H](Cc1c[nH]cn1)C(=O)O. The average molecular weight is 254 g/mol. The number of H-pyrrole nitrogens is 1. The maximum Gasteiger partial charge on any atom is 0.326 e. The largest absolute Gasteiger partial charge is 0.480 e.